The molecule has 0 aliphatic rings. The maximum Gasteiger partial charge on any atom is 0.319 e. The molecule has 2 N–H and O–H groups in total. The van der Waals surface area contributed by atoms with Gasteiger partial charge in [0.2, 0.25) is 0 Å². The summed E-state index contributed by atoms with van der Waals surface area (Å²) in [5.74, 6) is 1.19. The molecule has 2 aromatic rings. The zero-order valence-electron chi connectivity index (χ0n) is 14.9. The Morgan fingerprint density at radius 3 is 2.50 bits per heavy atom. The predicted octanol–water partition coefficient (Wildman–Crippen LogP) is 2.94. The monoisotopic (exact) mass is 332 g/mol. The lowest BCUT2D eigenvalue weighted by atomic mass is 10.1. The number of hydrogen-bond acceptors (Lipinski definition) is 4. The third-order valence-corrected chi connectivity index (χ3v) is 4.00. The van der Waals surface area contributed by atoms with Gasteiger partial charge in [-0.2, -0.15) is 5.10 Å². The minimum absolute atomic E-state index is 0.164. The Morgan fingerprint density at radius 2 is 1.96 bits per heavy atom. The maximum atomic E-state index is 12.3. The molecule has 1 aromatic heterocycles. The third-order valence-electron chi connectivity index (χ3n) is 4.00. The normalized spacial score (nSPS) is 11.8. The van der Waals surface area contributed by atoms with Crippen LogP contribution < -0.4 is 20.1 Å². The van der Waals surface area contributed by atoms with Crippen molar-refractivity contribution in [2.24, 2.45) is 7.05 Å². The highest BCUT2D eigenvalue weighted by atomic mass is 16.5. The fraction of sp³-hybridized carbons (Fsp3) is 0.412. The molecule has 0 spiro atoms. The van der Waals surface area contributed by atoms with E-state index in [1.807, 2.05) is 32.5 Å². The van der Waals surface area contributed by atoms with Crippen LogP contribution in [0.3, 0.4) is 0 Å². The summed E-state index contributed by atoms with van der Waals surface area (Å²) < 4.78 is 12.2. The SMILES string of the molecule is COc1ccc(NC(=O)N[C@@H](C)c2c(C)nn(C)c2C)c(OC)c1. The molecule has 24 heavy (non-hydrogen) atoms. The van der Waals surface area contributed by atoms with E-state index in [4.69, 9.17) is 9.47 Å². The number of benzene rings is 1. The number of carbonyl (C=O) groups is 1. The number of rotatable bonds is 5. The molecule has 0 radical (unpaired) electrons. The van der Waals surface area contributed by atoms with Crippen LogP contribution in [-0.2, 0) is 7.05 Å². The molecule has 2 rings (SSSR count). The van der Waals surface area contributed by atoms with E-state index in [1.54, 1.807) is 32.4 Å². The summed E-state index contributed by atoms with van der Waals surface area (Å²) in [6, 6.07) is 4.74. The smallest absolute Gasteiger partial charge is 0.319 e. The van der Waals surface area contributed by atoms with Gasteiger partial charge >= 0.3 is 6.03 Å². The van der Waals surface area contributed by atoms with Crippen molar-refractivity contribution in [3.05, 3.63) is 35.2 Å². The van der Waals surface area contributed by atoms with Crippen molar-refractivity contribution in [3.63, 3.8) is 0 Å². The van der Waals surface area contributed by atoms with Crippen LogP contribution in [0.4, 0.5) is 10.5 Å². The topological polar surface area (TPSA) is 77.4 Å². The third kappa shape index (κ3) is 3.61. The van der Waals surface area contributed by atoms with Crippen molar-refractivity contribution in [1.82, 2.24) is 15.1 Å². The molecule has 7 nitrogen and oxygen atoms in total. The van der Waals surface area contributed by atoms with Crippen LogP contribution in [-0.4, -0.2) is 30.0 Å². The number of carbonyl (C=O) groups excluding carboxylic acids is 1. The summed E-state index contributed by atoms with van der Waals surface area (Å²) in [6.07, 6.45) is 0. The number of anilines is 1. The molecular weight excluding hydrogens is 308 g/mol. The predicted molar refractivity (Wildman–Crippen MR) is 92.8 cm³/mol. The number of ether oxygens (including phenoxy) is 2. The van der Waals surface area contributed by atoms with Gasteiger partial charge < -0.3 is 20.1 Å². The second-order valence-electron chi connectivity index (χ2n) is 5.59. The second-order valence-corrected chi connectivity index (χ2v) is 5.59. The van der Waals surface area contributed by atoms with E-state index in [0.29, 0.717) is 17.2 Å². The van der Waals surface area contributed by atoms with Crippen LogP contribution >= 0.6 is 0 Å². The number of methoxy groups -OCH3 is 2. The molecule has 0 aliphatic carbocycles. The Morgan fingerprint density at radius 1 is 1.25 bits per heavy atom. The number of nitrogens with zero attached hydrogens (tertiary/aromatic N) is 2. The first-order chi connectivity index (χ1) is 11.4. The molecule has 7 heteroatoms. The number of hydrogen-bond donors (Lipinski definition) is 2. The molecular formula is C17H24N4O3. The molecule has 1 atom stereocenters. The zero-order valence-corrected chi connectivity index (χ0v) is 14.9. The first-order valence-electron chi connectivity index (χ1n) is 7.67. The van der Waals surface area contributed by atoms with Gasteiger partial charge in [0.05, 0.1) is 31.6 Å². The molecule has 0 unspecified atom stereocenters. The van der Waals surface area contributed by atoms with Crippen LogP contribution in [0.25, 0.3) is 0 Å². The van der Waals surface area contributed by atoms with Gasteiger partial charge in [-0.3, -0.25) is 4.68 Å². The fourth-order valence-corrected chi connectivity index (χ4v) is 2.75. The van der Waals surface area contributed by atoms with Crippen molar-refractivity contribution in [1.29, 1.82) is 0 Å². The van der Waals surface area contributed by atoms with Gasteiger partial charge in [-0.25, -0.2) is 4.79 Å². The minimum atomic E-state index is -0.311. The Labute approximate surface area is 142 Å². The molecule has 1 heterocycles. The van der Waals surface area contributed by atoms with Gasteiger partial charge in [0.1, 0.15) is 11.5 Å². The molecule has 1 aromatic carbocycles. The molecule has 130 valence electrons. The number of aromatic nitrogens is 2. The van der Waals surface area contributed by atoms with E-state index in [0.717, 1.165) is 17.0 Å². The summed E-state index contributed by atoms with van der Waals surface area (Å²) in [5, 5.41) is 10.1. The molecule has 0 saturated heterocycles. The second kappa shape index (κ2) is 7.25. The minimum Gasteiger partial charge on any atom is -0.497 e. The number of aryl methyl sites for hydroxylation is 2. The van der Waals surface area contributed by atoms with Crippen molar-refractivity contribution in [2.75, 3.05) is 19.5 Å². The first-order valence-corrected chi connectivity index (χ1v) is 7.67. The lowest BCUT2D eigenvalue weighted by Crippen LogP contribution is -2.31. The van der Waals surface area contributed by atoms with Crippen molar-refractivity contribution in [3.8, 4) is 11.5 Å². The van der Waals surface area contributed by atoms with E-state index < -0.39 is 0 Å². The van der Waals surface area contributed by atoms with Crippen LogP contribution in [0, 0.1) is 13.8 Å². The van der Waals surface area contributed by atoms with E-state index >= 15 is 0 Å². The van der Waals surface area contributed by atoms with Crippen molar-refractivity contribution in [2.45, 2.75) is 26.8 Å². The van der Waals surface area contributed by atoms with Crippen LogP contribution in [0.2, 0.25) is 0 Å². The Hall–Kier alpha value is -2.70. The van der Waals surface area contributed by atoms with Gasteiger partial charge in [0.25, 0.3) is 0 Å². The summed E-state index contributed by atoms with van der Waals surface area (Å²) in [7, 11) is 5.01. The van der Waals surface area contributed by atoms with E-state index in [-0.39, 0.29) is 12.1 Å². The van der Waals surface area contributed by atoms with E-state index in [2.05, 4.69) is 15.7 Å². The molecule has 0 bridgehead atoms. The highest BCUT2D eigenvalue weighted by molar-refractivity contribution is 5.91. The number of nitrogens with one attached hydrogen (secondary N) is 2. The van der Waals surface area contributed by atoms with Crippen molar-refractivity contribution >= 4 is 11.7 Å². The highest BCUT2D eigenvalue weighted by Crippen LogP contribution is 2.29. The number of urea groups is 1. The molecule has 0 saturated carbocycles. The van der Waals surface area contributed by atoms with Crippen LogP contribution in [0.15, 0.2) is 18.2 Å². The summed E-state index contributed by atoms with van der Waals surface area (Å²) in [4.78, 5) is 12.3. The van der Waals surface area contributed by atoms with E-state index in [9.17, 15) is 4.79 Å². The maximum absolute atomic E-state index is 12.3. The highest BCUT2D eigenvalue weighted by Gasteiger charge is 2.18. The lowest BCUT2D eigenvalue weighted by molar-refractivity contribution is 0.249. The average Bonchev–Trinajstić information content (AvgIpc) is 2.80. The van der Waals surface area contributed by atoms with Gasteiger partial charge in [-0.15, -0.1) is 0 Å². The van der Waals surface area contributed by atoms with Gasteiger partial charge in [0.15, 0.2) is 0 Å². The summed E-state index contributed by atoms with van der Waals surface area (Å²) >= 11 is 0. The lowest BCUT2D eigenvalue weighted by Gasteiger charge is -2.17. The molecule has 0 fully saturated rings. The molecule has 2 amide bonds. The summed E-state index contributed by atoms with van der Waals surface area (Å²) in [6.45, 7) is 5.85. The van der Waals surface area contributed by atoms with Gasteiger partial charge in [0, 0.05) is 24.4 Å². The van der Waals surface area contributed by atoms with Crippen LogP contribution in [0.1, 0.15) is 29.9 Å². The Bertz CT molecular complexity index is 740. The van der Waals surface area contributed by atoms with Gasteiger partial charge in [-0.05, 0) is 32.9 Å². The Balaban J connectivity index is 2.10. The largest absolute Gasteiger partial charge is 0.497 e. The fourth-order valence-electron chi connectivity index (χ4n) is 2.75. The van der Waals surface area contributed by atoms with Crippen LogP contribution in [0.5, 0.6) is 11.5 Å². The van der Waals surface area contributed by atoms with Gasteiger partial charge in [-0.1, -0.05) is 0 Å². The standard InChI is InChI=1S/C17H24N4O3/c1-10(16-11(2)20-21(4)12(16)3)18-17(22)19-14-8-7-13(23-5)9-15(14)24-6/h7-10H,1-6H3,(H2,18,19,22)/t10-/m0/s1. The van der Waals surface area contributed by atoms with Crippen molar-refractivity contribution < 1.29 is 14.3 Å². The number of amides is 2. The first kappa shape index (κ1) is 17.7. The quantitative estimate of drug-likeness (QED) is 0.882. The van der Waals surface area contributed by atoms with E-state index in [1.165, 1.54) is 0 Å². The summed E-state index contributed by atoms with van der Waals surface area (Å²) in [5.41, 5.74) is 3.53. The average molecular weight is 332 g/mol. The Kier molecular flexibility index (Phi) is 5.33. The molecule has 0 aliphatic heterocycles. The zero-order chi connectivity index (χ0) is 17.9.